The molecule has 0 saturated heterocycles. The molecule has 0 atom stereocenters. The predicted molar refractivity (Wildman–Crippen MR) is 60.7 cm³/mol. The first-order valence-electron chi connectivity index (χ1n) is 4.40. The zero-order valence-electron chi connectivity index (χ0n) is 7.90. The van der Waals surface area contributed by atoms with Crippen LogP contribution < -0.4 is 0 Å². The van der Waals surface area contributed by atoms with Crippen LogP contribution in [0.25, 0.3) is 11.1 Å². The van der Waals surface area contributed by atoms with E-state index in [0.717, 1.165) is 12.1 Å². The number of rotatable bonds is 1. The summed E-state index contributed by atoms with van der Waals surface area (Å²) in [7, 11) is 0. The molecule has 0 spiro atoms. The highest BCUT2D eigenvalue weighted by molar-refractivity contribution is 6.33. The topological polar surface area (TPSA) is 0 Å². The van der Waals surface area contributed by atoms with Crippen LogP contribution in [0.15, 0.2) is 30.3 Å². The third-order valence-electron chi connectivity index (χ3n) is 2.06. The van der Waals surface area contributed by atoms with Gasteiger partial charge in [-0.15, -0.1) is 0 Å². The Hall–Kier alpha value is -1.12. The zero-order valence-corrected chi connectivity index (χ0v) is 9.41. The summed E-state index contributed by atoms with van der Waals surface area (Å²) in [5.41, 5.74) is 0.562. The van der Waals surface area contributed by atoms with Gasteiger partial charge in [0.05, 0.1) is 5.02 Å². The SMILES string of the molecule is Fc1c[c]c(-c2ccc(Cl)cc2F)c(Cl)c1. The average molecular weight is 258 g/mol. The molecule has 0 amide bonds. The van der Waals surface area contributed by atoms with Gasteiger partial charge in [0.25, 0.3) is 0 Å². The number of benzene rings is 2. The maximum atomic E-state index is 13.6. The van der Waals surface area contributed by atoms with Crippen LogP contribution in [0.5, 0.6) is 0 Å². The van der Waals surface area contributed by atoms with Gasteiger partial charge in [-0.1, -0.05) is 23.2 Å². The van der Waals surface area contributed by atoms with Gasteiger partial charge in [0.15, 0.2) is 0 Å². The van der Waals surface area contributed by atoms with Crippen LogP contribution in [0.3, 0.4) is 0 Å². The standard InChI is InChI=1S/C12H5Cl2F2/c13-7-1-3-10(12(16)5-7)9-4-2-8(15)6-11(9)14/h1-3,5-6H. The molecule has 0 fully saturated rings. The summed E-state index contributed by atoms with van der Waals surface area (Å²) < 4.78 is 26.4. The molecule has 16 heavy (non-hydrogen) atoms. The van der Waals surface area contributed by atoms with Crippen molar-refractivity contribution >= 4 is 23.2 Å². The molecule has 0 aliphatic heterocycles. The Labute approximate surface area is 101 Å². The van der Waals surface area contributed by atoms with E-state index in [4.69, 9.17) is 23.2 Å². The summed E-state index contributed by atoms with van der Waals surface area (Å²) in [6, 6.07) is 9.00. The summed E-state index contributed by atoms with van der Waals surface area (Å²) in [6.45, 7) is 0. The van der Waals surface area contributed by atoms with E-state index in [2.05, 4.69) is 6.07 Å². The fourth-order valence-corrected chi connectivity index (χ4v) is 1.76. The van der Waals surface area contributed by atoms with Crippen molar-refractivity contribution in [3.8, 4) is 11.1 Å². The van der Waals surface area contributed by atoms with Gasteiger partial charge in [0.2, 0.25) is 0 Å². The highest BCUT2D eigenvalue weighted by atomic mass is 35.5. The molecular formula is C12H5Cl2F2. The highest BCUT2D eigenvalue weighted by Gasteiger charge is 2.10. The first-order valence-corrected chi connectivity index (χ1v) is 5.15. The predicted octanol–water partition coefficient (Wildman–Crippen LogP) is 4.74. The zero-order chi connectivity index (χ0) is 11.7. The van der Waals surface area contributed by atoms with Crippen molar-refractivity contribution in [3.63, 3.8) is 0 Å². The van der Waals surface area contributed by atoms with Crippen LogP contribution in [0, 0.1) is 17.7 Å². The van der Waals surface area contributed by atoms with Gasteiger partial charge in [-0.3, -0.25) is 0 Å². The van der Waals surface area contributed by atoms with Crippen LogP contribution in [-0.4, -0.2) is 0 Å². The van der Waals surface area contributed by atoms with Gasteiger partial charge in [-0.2, -0.15) is 0 Å². The second-order valence-corrected chi connectivity index (χ2v) is 4.01. The Morgan fingerprint density at radius 3 is 2.44 bits per heavy atom. The maximum absolute atomic E-state index is 13.6. The van der Waals surface area contributed by atoms with Gasteiger partial charge in [0, 0.05) is 16.1 Å². The van der Waals surface area contributed by atoms with Crippen molar-refractivity contribution < 1.29 is 8.78 Å². The van der Waals surface area contributed by atoms with Crippen molar-refractivity contribution in [2.45, 2.75) is 0 Å². The summed E-state index contributed by atoms with van der Waals surface area (Å²) in [5.74, 6) is -1.03. The van der Waals surface area contributed by atoms with E-state index in [1.54, 1.807) is 0 Å². The van der Waals surface area contributed by atoms with Gasteiger partial charge in [0.1, 0.15) is 11.6 Å². The van der Waals surface area contributed by atoms with Crippen molar-refractivity contribution in [2.75, 3.05) is 0 Å². The molecule has 0 saturated carbocycles. The van der Waals surface area contributed by atoms with Crippen LogP contribution in [0.1, 0.15) is 0 Å². The van der Waals surface area contributed by atoms with Gasteiger partial charge < -0.3 is 0 Å². The molecule has 0 bridgehead atoms. The van der Waals surface area contributed by atoms with Crippen LogP contribution in [0.2, 0.25) is 10.0 Å². The van der Waals surface area contributed by atoms with Crippen molar-refractivity contribution in [1.29, 1.82) is 0 Å². The van der Waals surface area contributed by atoms with E-state index >= 15 is 0 Å². The number of hydrogen-bond acceptors (Lipinski definition) is 0. The lowest BCUT2D eigenvalue weighted by atomic mass is 10.1. The third kappa shape index (κ3) is 2.18. The normalized spacial score (nSPS) is 10.5. The van der Waals surface area contributed by atoms with Crippen LogP contribution >= 0.6 is 23.2 Å². The third-order valence-corrected chi connectivity index (χ3v) is 2.59. The van der Waals surface area contributed by atoms with E-state index in [1.807, 2.05) is 0 Å². The Kier molecular flexibility index (Phi) is 3.13. The number of halogens is 4. The molecule has 0 aliphatic rings. The summed E-state index contributed by atoms with van der Waals surface area (Å²) in [6.07, 6.45) is 0. The molecule has 4 heteroatoms. The van der Waals surface area contributed by atoms with Crippen LogP contribution in [0.4, 0.5) is 8.78 Å². The Morgan fingerprint density at radius 1 is 1.06 bits per heavy atom. The van der Waals surface area contributed by atoms with Crippen molar-refractivity contribution in [2.24, 2.45) is 0 Å². The smallest absolute Gasteiger partial charge is 0.132 e. The molecule has 0 heterocycles. The van der Waals surface area contributed by atoms with E-state index in [-0.39, 0.29) is 10.6 Å². The summed E-state index contributed by atoms with van der Waals surface area (Å²) in [5, 5.41) is 0.403. The molecule has 0 unspecified atom stereocenters. The quantitative estimate of drug-likeness (QED) is 0.693. The second kappa shape index (κ2) is 4.40. The second-order valence-electron chi connectivity index (χ2n) is 3.17. The molecule has 2 rings (SSSR count). The molecule has 2 aromatic rings. The fraction of sp³-hybridized carbons (Fsp3) is 0. The Balaban J connectivity index is 2.59. The summed E-state index contributed by atoms with van der Waals surface area (Å²) in [4.78, 5) is 0. The van der Waals surface area contributed by atoms with E-state index < -0.39 is 11.6 Å². The number of hydrogen-bond donors (Lipinski definition) is 0. The Bertz CT molecular complexity index is 489. The average Bonchev–Trinajstić information content (AvgIpc) is 2.19. The Morgan fingerprint density at radius 2 is 1.81 bits per heavy atom. The molecule has 0 aromatic heterocycles. The largest absolute Gasteiger partial charge is 0.207 e. The van der Waals surface area contributed by atoms with Gasteiger partial charge in [-0.05, 0) is 36.4 Å². The molecule has 0 N–H and O–H groups in total. The summed E-state index contributed by atoms with van der Waals surface area (Å²) >= 11 is 11.4. The van der Waals surface area contributed by atoms with E-state index in [0.29, 0.717) is 10.6 Å². The van der Waals surface area contributed by atoms with Gasteiger partial charge in [-0.25, -0.2) is 8.78 Å². The first-order chi connectivity index (χ1) is 7.58. The van der Waals surface area contributed by atoms with E-state index in [9.17, 15) is 8.78 Å². The molecule has 81 valence electrons. The van der Waals surface area contributed by atoms with E-state index in [1.165, 1.54) is 18.2 Å². The minimum atomic E-state index is -0.516. The maximum Gasteiger partial charge on any atom is 0.132 e. The molecule has 1 radical (unpaired) electrons. The first kappa shape index (κ1) is 11.4. The lowest BCUT2D eigenvalue weighted by Gasteiger charge is -2.05. The minimum absolute atomic E-state index is 0.112. The van der Waals surface area contributed by atoms with Gasteiger partial charge >= 0.3 is 0 Å². The molecule has 0 nitrogen and oxygen atoms in total. The lowest BCUT2D eigenvalue weighted by Crippen LogP contribution is -1.87. The highest BCUT2D eigenvalue weighted by Crippen LogP contribution is 2.31. The van der Waals surface area contributed by atoms with Crippen LogP contribution in [-0.2, 0) is 0 Å². The fourth-order valence-electron chi connectivity index (χ4n) is 1.34. The lowest BCUT2D eigenvalue weighted by molar-refractivity contribution is 0.625. The molecule has 2 aromatic carbocycles. The molecular weight excluding hydrogens is 253 g/mol. The van der Waals surface area contributed by atoms with Crippen molar-refractivity contribution in [1.82, 2.24) is 0 Å². The monoisotopic (exact) mass is 257 g/mol. The minimum Gasteiger partial charge on any atom is -0.207 e. The van der Waals surface area contributed by atoms with Crippen molar-refractivity contribution in [3.05, 3.63) is 58.1 Å². The molecule has 0 aliphatic carbocycles.